The van der Waals surface area contributed by atoms with Crippen molar-refractivity contribution in [3.63, 3.8) is 0 Å². The lowest BCUT2D eigenvalue weighted by Crippen LogP contribution is -2.49. The number of sulfonamides is 1. The molecule has 0 saturated carbocycles. The maximum Gasteiger partial charge on any atom is 0.243 e. The van der Waals surface area contributed by atoms with E-state index in [1.807, 2.05) is 4.90 Å². The van der Waals surface area contributed by atoms with Crippen molar-refractivity contribution in [3.05, 3.63) is 48.5 Å². The molecule has 1 aromatic carbocycles. The van der Waals surface area contributed by atoms with Crippen LogP contribution in [0.1, 0.15) is 0 Å². The normalized spacial score (nSPS) is 16.7. The Morgan fingerprint density at radius 1 is 1.00 bits per heavy atom. The van der Waals surface area contributed by atoms with Crippen LogP contribution in [0.3, 0.4) is 0 Å². The molecule has 0 aliphatic carbocycles. The van der Waals surface area contributed by atoms with Gasteiger partial charge in [-0.1, -0.05) is 6.07 Å². The molecule has 2 heterocycles. The van der Waals surface area contributed by atoms with Crippen LogP contribution in [-0.4, -0.2) is 48.9 Å². The predicted octanol–water partition coefficient (Wildman–Crippen LogP) is 1.13. The lowest BCUT2D eigenvalue weighted by atomic mass is 10.3. The summed E-state index contributed by atoms with van der Waals surface area (Å²) < 4.78 is 39.6. The maximum absolute atomic E-state index is 13.2. The monoisotopic (exact) mass is 322 g/mol. The van der Waals surface area contributed by atoms with E-state index in [-0.39, 0.29) is 4.90 Å². The molecule has 1 aliphatic heterocycles. The Labute approximate surface area is 128 Å². The first-order valence-corrected chi connectivity index (χ1v) is 8.29. The van der Waals surface area contributed by atoms with Gasteiger partial charge in [-0.05, 0) is 24.3 Å². The van der Waals surface area contributed by atoms with Gasteiger partial charge in [-0.3, -0.25) is 0 Å². The summed E-state index contributed by atoms with van der Waals surface area (Å²) in [5, 5.41) is 0. The van der Waals surface area contributed by atoms with Crippen molar-refractivity contribution in [2.75, 3.05) is 31.1 Å². The van der Waals surface area contributed by atoms with Gasteiger partial charge in [-0.25, -0.2) is 22.8 Å². The van der Waals surface area contributed by atoms with Crippen LogP contribution in [0.5, 0.6) is 0 Å². The van der Waals surface area contributed by atoms with Crippen molar-refractivity contribution in [2.45, 2.75) is 4.90 Å². The smallest absolute Gasteiger partial charge is 0.243 e. The van der Waals surface area contributed by atoms with E-state index in [0.717, 1.165) is 6.07 Å². The molecule has 0 spiro atoms. The Balaban J connectivity index is 1.73. The van der Waals surface area contributed by atoms with Gasteiger partial charge >= 0.3 is 0 Å². The molecule has 116 valence electrons. The third kappa shape index (κ3) is 2.93. The number of rotatable bonds is 3. The Hall–Kier alpha value is -2.06. The highest BCUT2D eigenvalue weighted by Crippen LogP contribution is 2.19. The second kappa shape index (κ2) is 5.98. The molecule has 1 fully saturated rings. The van der Waals surface area contributed by atoms with Crippen LogP contribution >= 0.6 is 0 Å². The molecule has 22 heavy (non-hydrogen) atoms. The molecule has 0 amide bonds. The van der Waals surface area contributed by atoms with E-state index in [0.29, 0.717) is 32.1 Å². The van der Waals surface area contributed by atoms with Gasteiger partial charge in [0.15, 0.2) is 0 Å². The first kappa shape index (κ1) is 14.9. The quantitative estimate of drug-likeness (QED) is 0.847. The topological polar surface area (TPSA) is 66.4 Å². The number of anilines is 1. The van der Waals surface area contributed by atoms with Crippen LogP contribution in [0.15, 0.2) is 47.6 Å². The summed E-state index contributed by atoms with van der Waals surface area (Å²) in [5.74, 6) is 0.0303. The van der Waals surface area contributed by atoms with Gasteiger partial charge in [-0.2, -0.15) is 4.31 Å². The average molecular weight is 322 g/mol. The standard InChI is InChI=1S/C14H15FN4O2S/c15-12-3-1-4-13(11-12)22(20,21)19-9-7-18(8-10-19)14-16-5-2-6-17-14/h1-6,11H,7-10H2. The van der Waals surface area contributed by atoms with Gasteiger partial charge in [-0.15, -0.1) is 0 Å². The minimum atomic E-state index is -3.66. The molecule has 0 bridgehead atoms. The minimum absolute atomic E-state index is 0.0167. The van der Waals surface area contributed by atoms with Crippen LogP contribution in [0.4, 0.5) is 10.3 Å². The number of nitrogens with zero attached hydrogens (tertiary/aromatic N) is 4. The molecule has 3 rings (SSSR count). The summed E-state index contributed by atoms with van der Waals surface area (Å²) >= 11 is 0. The Morgan fingerprint density at radius 2 is 1.68 bits per heavy atom. The van der Waals surface area contributed by atoms with Crippen molar-refractivity contribution in [1.29, 1.82) is 0 Å². The number of benzene rings is 1. The molecule has 1 aliphatic rings. The second-order valence-electron chi connectivity index (χ2n) is 4.90. The first-order chi connectivity index (χ1) is 10.6. The number of piperazine rings is 1. The maximum atomic E-state index is 13.2. The summed E-state index contributed by atoms with van der Waals surface area (Å²) in [7, 11) is -3.66. The lowest BCUT2D eigenvalue weighted by Gasteiger charge is -2.33. The van der Waals surface area contributed by atoms with Crippen LogP contribution in [0, 0.1) is 5.82 Å². The summed E-state index contributed by atoms with van der Waals surface area (Å²) in [5.41, 5.74) is 0. The van der Waals surface area contributed by atoms with E-state index < -0.39 is 15.8 Å². The SMILES string of the molecule is O=S(=O)(c1cccc(F)c1)N1CCN(c2ncccn2)CC1. The fourth-order valence-electron chi connectivity index (χ4n) is 2.36. The highest BCUT2D eigenvalue weighted by atomic mass is 32.2. The summed E-state index contributed by atoms with van der Waals surface area (Å²) in [6, 6.07) is 6.81. The Kier molecular flexibility index (Phi) is 4.04. The number of halogens is 1. The fourth-order valence-corrected chi connectivity index (χ4v) is 3.81. The molecule has 0 N–H and O–H groups in total. The van der Waals surface area contributed by atoms with Crippen LogP contribution < -0.4 is 4.90 Å². The Morgan fingerprint density at radius 3 is 2.32 bits per heavy atom. The molecule has 8 heteroatoms. The van der Waals surface area contributed by atoms with Gasteiger partial charge in [0.1, 0.15) is 5.82 Å². The first-order valence-electron chi connectivity index (χ1n) is 6.85. The van der Waals surface area contributed by atoms with E-state index in [1.54, 1.807) is 18.5 Å². The number of hydrogen-bond acceptors (Lipinski definition) is 5. The second-order valence-corrected chi connectivity index (χ2v) is 6.84. The van der Waals surface area contributed by atoms with Crippen molar-refractivity contribution < 1.29 is 12.8 Å². The summed E-state index contributed by atoms with van der Waals surface area (Å²) in [6.45, 7) is 1.63. The molecule has 0 unspecified atom stereocenters. The zero-order chi connectivity index (χ0) is 15.6. The van der Waals surface area contributed by atoms with Gasteiger partial charge in [0.25, 0.3) is 0 Å². The van der Waals surface area contributed by atoms with Crippen molar-refractivity contribution in [1.82, 2.24) is 14.3 Å². The van der Waals surface area contributed by atoms with Gasteiger partial charge in [0, 0.05) is 38.6 Å². The molecule has 1 saturated heterocycles. The van der Waals surface area contributed by atoms with Crippen molar-refractivity contribution >= 4 is 16.0 Å². The molecule has 1 aromatic heterocycles. The lowest BCUT2D eigenvalue weighted by molar-refractivity contribution is 0.382. The average Bonchev–Trinajstić information content (AvgIpc) is 2.56. The van der Waals surface area contributed by atoms with Crippen LogP contribution in [0.2, 0.25) is 0 Å². The highest BCUT2D eigenvalue weighted by Gasteiger charge is 2.29. The molecular formula is C14H15FN4O2S. The van der Waals surface area contributed by atoms with E-state index in [2.05, 4.69) is 9.97 Å². The zero-order valence-corrected chi connectivity index (χ0v) is 12.6. The van der Waals surface area contributed by atoms with Crippen LogP contribution in [0.25, 0.3) is 0 Å². The Bertz CT molecular complexity index is 746. The summed E-state index contributed by atoms with van der Waals surface area (Å²) in [4.78, 5) is 10.2. The number of hydrogen-bond donors (Lipinski definition) is 0. The molecule has 6 nitrogen and oxygen atoms in total. The minimum Gasteiger partial charge on any atom is -0.338 e. The van der Waals surface area contributed by atoms with E-state index in [4.69, 9.17) is 0 Å². The molecular weight excluding hydrogens is 307 g/mol. The summed E-state index contributed by atoms with van der Waals surface area (Å²) in [6.07, 6.45) is 3.30. The molecule has 2 aromatic rings. The zero-order valence-electron chi connectivity index (χ0n) is 11.8. The van der Waals surface area contributed by atoms with Crippen molar-refractivity contribution in [2.24, 2.45) is 0 Å². The third-order valence-electron chi connectivity index (χ3n) is 3.51. The number of aromatic nitrogens is 2. The third-order valence-corrected chi connectivity index (χ3v) is 5.40. The van der Waals surface area contributed by atoms with Gasteiger partial charge in [0.05, 0.1) is 4.90 Å². The largest absolute Gasteiger partial charge is 0.338 e. The van der Waals surface area contributed by atoms with Crippen LogP contribution in [-0.2, 0) is 10.0 Å². The van der Waals surface area contributed by atoms with E-state index in [1.165, 1.54) is 22.5 Å². The van der Waals surface area contributed by atoms with E-state index in [9.17, 15) is 12.8 Å². The van der Waals surface area contributed by atoms with Gasteiger partial charge in [0.2, 0.25) is 16.0 Å². The van der Waals surface area contributed by atoms with Gasteiger partial charge < -0.3 is 4.90 Å². The fraction of sp³-hybridized carbons (Fsp3) is 0.286. The molecule has 0 radical (unpaired) electrons. The van der Waals surface area contributed by atoms with E-state index >= 15 is 0 Å². The highest BCUT2D eigenvalue weighted by molar-refractivity contribution is 7.89. The predicted molar refractivity (Wildman–Crippen MR) is 79.4 cm³/mol. The van der Waals surface area contributed by atoms with Crippen molar-refractivity contribution in [3.8, 4) is 0 Å². The molecule has 0 atom stereocenters.